The van der Waals surface area contributed by atoms with E-state index in [-0.39, 0.29) is 0 Å². The molecule has 0 unspecified atom stereocenters. The number of aromatic nitrogens is 2. The van der Waals surface area contributed by atoms with Gasteiger partial charge in [-0.1, -0.05) is 30.9 Å². The van der Waals surface area contributed by atoms with Gasteiger partial charge in [0, 0.05) is 18.8 Å². The molecule has 0 saturated heterocycles. The molecule has 2 nitrogen and oxygen atoms in total. The van der Waals surface area contributed by atoms with Crippen LogP contribution in [0.1, 0.15) is 12.5 Å². The van der Waals surface area contributed by atoms with Crippen LogP contribution in [0.2, 0.25) is 0 Å². The minimum atomic E-state index is 1.09. The quantitative estimate of drug-likeness (QED) is 0.644. The van der Waals surface area contributed by atoms with Crippen molar-refractivity contribution in [3.8, 4) is 0 Å². The number of allylic oxidation sites excluding steroid dienone is 5. The van der Waals surface area contributed by atoms with E-state index in [9.17, 15) is 0 Å². The molecule has 0 N–H and O–H groups in total. The molecule has 0 aliphatic heterocycles. The van der Waals surface area contributed by atoms with E-state index in [0.717, 1.165) is 11.1 Å². The van der Waals surface area contributed by atoms with Gasteiger partial charge in [-0.25, -0.2) is 0 Å². The van der Waals surface area contributed by atoms with E-state index in [4.69, 9.17) is 0 Å². The van der Waals surface area contributed by atoms with Crippen molar-refractivity contribution < 1.29 is 0 Å². The highest BCUT2D eigenvalue weighted by Crippen LogP contribution is 2.13. The molecule has 0 bridgehead atoms. The monoisotopic (exact) mass is 174 g/mol. The van der Waals surface area contributed by atoms with Crippen molar-refractivity contribution in [3.63, 3.8) is 0 Å². The van der Waals surface area contributed by atoms with Crippen LogP contribution in [0.4, 0.5) is 0 Å². The zero-order valence-electron chi connectivity index (χ0n) is 8.07. The Kier molecular flexibility index (Phi) is 3.26. The summed E-state index contributed by atoms with van der Waals surface area (Å²) in [4.78, 5) is 0. The second-order valence-electron chi connectivity index (χ2n) is 2.75. The van der Waals surface area contributed by atoms with E-state index in [1.54, 1.807) is 4.68 Å². The molecule has 68 valence electrons. The molecule has 0 aliphatic rings. The minimum absolute atomic E-state index is 1.09. The predicted molar refractivity (Wildman–Crippen MR) is 56.2 cm³/mol. The zero-order valence-corrected chi connectivity index (χ0v) is 8.07. The summed E-state index contributed by atoms with van der Waals surface area (Å²) in [5.74, 6) is 0. The van der Waals surface area contributed by atoms with Gasteiger partial charge in [0.15, 0.2) is 0 Å². The summed E-state index contributed by atoms with van der Waals surface area (Å²) >= 11 is 0. The summed E-state index contributed by atoms with van der Waals surface area (Å²) in [7, 11) is 1.90. The Labute approximate surface area is 78.9 Å². The van der Waals surface area contributed by atoms with Gasteiger partial charge in [-0.05, 0) is 12.5 Å². The van der Waals surface area contributed by atoms with Crippen LogP contribution in [-0.2, 0) is 7.05 Å². The van der Waals surface area contributed by atoms with Crippen LogP contribution in [0.5, 0.6) is 0 Å². The van der Waals surface area contributed by atoms with Gasteiger partial charge in [0.25, 0.3) is 0 Å². The minimum Gasteiger partial charge on any atom is -0.275 e. The van der Waals surface area contributed by atoms with Crippen molar-refractivity contribution >= 4 is 5.57 Å². The second kappa shape index (κ2) is 4.45. The van der Waals surface area contributed by atoms with Crippen molar-refractivity contribution in [2.24, 2.45) is 7.05 Å². The molecular formula is C11H14N2. The lowest BCUT2D eigenvalue weighted by atomic mass is 10.1. The first-order valence-corrected chi connectivity index (χ1v) is 4.22. The summed E-state index contributed by atoms with van der Waals surface area (Å²) in [5, 5.41) is 4.10. The predicted octanol–water partition coefficient (Wildman–Crippen LogP) is 2.57. The first-order chi connectivity index (χ1) is 6.27. The SMILES string of the molecule is C=C/C(=C\C=C/C)c1cnn(C)c1. The number of nitrogens with zero attached hydrogens (tertiary/aromatic N) is 2. The van der Waals surface area contributed by atoms with E-state index in [1.807, 2.05) is 50.7 Å². The topological polar surface area (TPSA) is 17.8 Å². The van der Waals surface area contributed by atoms with Crippen molar-refractivity contribution in [1.29, 1.82) is 0 Å². The standard InChI is InChI=1S/C11H14N2/c1-4-6-7-10(5-2)11-8-12-13(3)9-11/h4-9H,2H2,1,3H3/b6-4-,10-7+. The molecule has 0 fully saturated rings. The van der Waals surface area contributed by atoms with Gasteiger partial charge >= 0.3 is 0 Å². The number of aryl methyl sites for hydroxylation is 1. The largest absolute Gasteiger partial charge is 0.275 e. The molecular weight excluding hydrogens is 160 g/mol. The van der Waals surface area contributed by atoms with Gasteiger partial charge in [-0.3, -0.25) is 4.68 Å². The summed E-state index contributed by atoms with van der Waals surface area (Å²) < 4.78 is 1.78. The van der Waals surface area contributed by atoms with Crippen LogP contribution in [0.25, 0.3) is 5.57 Å². The Balaban J connectivity index is 2.96. The van der Waals surface area contributed by atoms with Crippen LogP contribution < -0.4 is 0 Å². The van der Waals surface area contributed by atoms with E-state index in [1.165, 1.54) is 0 Å². The van der Waals surface area contributed by atoms with Crippen LogP contribution >= 0.6 is 0 Å². The molecule has 13 heavy (non-hydrogen) atoms. The summed E-state index contributed by atoms with van der Waals surface area (Å²) in [5.41, 5.74) is 2.18. The smallest absolute Gasteiger partial charge is 0.0568 e. The van der Waals surface area contributed by atoms with E-state index in [0.29, 0.717) is 0 Å². The molecule has 0 aromatic carbocycles. The molecule has 0 aliphatic carbocycles. The third kappa shape index (κ3) is 2.44. The third-order valence-electron chi connectivity index (χ3n) is 1.73. The van der Waals surface area contributed by atoms with Crippen LogP contribution in [-0.4, -0.2) is 9.78 Å². The molecule has 0 radical (unpaired) electrons. The van der Waals surface area contributed by atoms with Gasteiger partial charge in [0.1, 0.15) is 0 Å². The average Bonchev–Trinajstić information content (AvgIpc) is 2.54. The first-order valence-electron chi connectivity index (χ1n) is 4.22. The van der Waals surface area contributed by atoms with Gasteiger partial charge in [-0.2, -0.15) is 5.10 Å². The summed E-state index contributed by atoms with van der Waals surface area (Å²) in [6.45, 7) is 5.75. The maximum Gasteiger partial charge on any atom is 0.0568 e. The number of hydrogen-bond donors (Lipinski definition) is 0. The molecule has 0 spiro atoms. The van der Waals surface area contributed by atoms with Crippen molar-refractivity contribution in [2.75, 3.05) is 0 Å². The van der Waals surface area contributed by atoms with Crippen LogP contribution in [0, 0.1) is 0 Å². The Morgan fingerprint density at radius 3 is 2.85 bits per heavy atom. The fourth-order valence-corrected chi connectivity index (χ4v) is 1.05. The Morgan fingerprint density at radius 2 is 2.38 bits per heavy atom. The van der Waals surface area contributed by atoms with Gasteiger partial charge < -0.3 is 0 Å². The van der Waals surface area contributed by atoms with E-state index < -0.39 is 0 Å². The van der Waals surface area contributed by atoms with E-state index in [2.05, 4.69) is 11.7 Å². The molecule has 1 heterocycles. The molecule has 1 aromatic rings. The second-order valence-corrected chi connectivity index (χ2v) is 2.75. The lowest BCUT2D eigenvalue weighted by molar-refractivity contribution is 0.767. The van der Waals surface area contributed by atoms with Crippen LogP contribution in [0.15, 0.2) is 43.3 Å². The Hall–Kier alpha value is -1.57. The fraction of sp³-hybridized carbons (Fsp3) is 0.182. The summed E-state index contributed by atoms with van der Waals surface area (Å²) in [6, 6.07) is 0. The Bertz CT molecular complexity index is 343. The molecule has 0 saturated carbocycles. The lowest BCUT2D eigenvalue weighted by Crippen LogP contribution is -1.84. The van der Waals surface area contributed by atoms with Crippen molar-refractivity contribution in [1.82, 2.24) is 9.78 Å². The molecule has 0 atom stereocenters. The van der Waals surface area contributed by atoms with Crippen molar-refractivity contribution in [3.05, 3.63) is 48.8 Å². The fourth-order valence-electron chi connectivity index (χ4n) is 1.05. The normalized spacial score (nSPS) is 12.3. The first kappa shape index (κ1) is 9.52. The van der Waals surface area contributed by atoms with Gasteiger partial charge in [0.05, 0.1) is 6.20 Å². The third-order valence-corrected chi connectivity index (χ3v) is 1.73. The van der Waals surface area contributed by atoms with Gasteiger partial charge in [0.2, 0.25) is 0 Å². The molecule has 2 heteroatoms. The lowest BCUT2D eigenvalue weighted by Gasteiger charge is -1.93. The highest BCUT2D eigenvalue weighted by molar-refractivity contribution is 5.73. The average molecular weight is 174 g/mol. The van der Waals surface area contributed by atoms with Gasteiger partial charge in [-0.15, -0.1) is 0 Å². The number of rotatable bonds is 3. The highest BCUT2D eigenvalue weighted by atomic mass is 15.2. The number of hydrogen-bond acceptors (Lipinski definition) is 1. The van der Waals surface area contributed by atoms with Crippen LogP contribution in [0.3, 0.4) is 0 Å². The van der Waals surface area contributed by atoms with Crippen molar-refractivity contribution in [2.45, 2.75) is 6.92 Å². The molecule has 0 amide bonds. The maximum absolute atomic E-state index is 4.10. The van der Waals surface area contributed by atoms with E-state index >= 15 is 0 Å². The highest BCUT2D eigenvalue weighted by Gasteiger charge is 1.97. The molecule has 1 aromatic heterocycles. The summed E-state index contributed by atoms with van der Waals surface area (Å²) in [6.07, 6.45) is 11.6. The molecule has 1 rings (SSSR count). The maximum atomic E-state index is 4.10. The Morgan fingerprint density at radius 1 is 1.62 bits per heavy atom. The zero-order chi connectivity index (χ0) is 9.68.